The summed E-state index contributed by atoms with van der Waals surface area (Å²) in [6.45, 7) is 5.62. The van der Waals surface area contributed by atoms with Crippen molar-refractivity contribution in [3.63, 3.8) is 0 Å². The number of carbonyl (C=O) groups is 1. The van der Waals surface area contributed by atoms with Crippen LogP contribution in [0.3, 0.4) is 0 Å². The zero-order valence-corrected chi connectivity index (χ0v) is 16.7. The van der Waals surface area contributed by atoms with Gasteiger partial charge >= 0.3 is 5.91 Å². The number of aromatic nitrogens is 1. The number of nitrogens with two attached hydrogens (primary N) is 2. The van der Waals surface area contributed by atoms with E-state index in [1.165, 1.54) is 6.20 Å². The van der Waals surface area contributed by atoms with E-state index in [-0.39, 0.29) is 5.89 Å². The van der Waals surface area contributed by atoms with Gasteiger partial charge in [-0.2, -0.15) is 0 Å². The number of anilines is 2. The Kier molecular flexibility index (Phi) is 6.50. The first-order chi connectivity index (χ1) is 14.0. The fourth-order valence-corrected chi connectivity index (χ4v) is 3.24. The third kappa shape index (κ3) is 4.75. The largest absolute Gasteiger partial charge is 0.432 e. The minimum Gasteiger partial charge on any atom is -0.432 e. The first-order valence-corrected chi connectivity index (χ1v) is 9.57. The molecule has 1 aromatic carbocycles. The SMILES string of the molecule is CC/C(=C(\C=NC)NC(=O)c1ncc(-c2ccc(N)c(N)c2)o1)N1CCNCC1. The summed E-state index contributed by atoms with van der Waals surface area (Å²) in [7, 11) is 1.67. The summed E-state index contributed by atoms with van der Waals surface area (Å²) in [6, 6.07) is 5.14. The summed E-state index contributed by atoms with van der Waals surface area (Å²) in [4.78, 5) is 23.2. The molecule has 0 saturated carbocycles. The highest BCUT2D eigenvalue weighted by Gasteiger charge is 2.20. The molecule has 9 heteroatoms. The molecule has 0 aliphatic carbocycles. The van der Waals surface area contributed by atoms with Gasteiger partial charge in [0, 0.05) is 50.7 Å². The Bertz CT molecular complexity index is 927. The molecule has 0 unspecified atom stereocenters. The molecule has 9 nitrogen and oxygen atoms in total. The number of amides is 1. The van der Waals surface area contributed by atoms with Crippen LogP contribution in [0.15, 0.2) is 45.2 Å². The van der Waals surface area contributed by atoms with Gasteiger partial charge in [-0.15, -0.1) is 0 Å². The average molecular weight is 397 g/mol. The van der Waals surface area contributed by atoms with Crippen LogP contribution < -0.4 is 22.1 Å². The lowest BCUT2D eigenvalue weighted by Gasteiger charge is -2.32. The second kappa shape index (κ2) is 9.24. The monoisotopic (exact) mass is 397 g/mol. The summed E-state index contributed by atoms with van der Waals surface area (Å²) < 4.78 is 5.65. The molecule has 1 fully saturated rings. The molecule has 0 radical (unpaired) electrons. The number of piperazine rings is 1. The standard InChI is InChI=1S/C20H27N7O2/c1-3-17(27-8-6-24-7-9-27)16(11-23-2)26-19(28)20-25-12-18(29-20)13-4-5-14(21)15(22)10-13/h4-5,10-12,24H,3,6-9,21-22H2,1-2H3,(H,26,28)/b17-16-,23-11?. The highest BCUT2D eigenvalue weighted by atomic mass is 16.4. The zero-order valence-electron chi connectivity index (χ0n) is 16.7. The van der Waals surface area contributed by atoms with Crippen molar-refractivity contribution in [2.45, 2.75) is 13.3 Å². The van der Waals surface area contributed by atoms with Crippen molar-refractivity contribution in [3.8, 4) is 11.3 Å². The zero-order chi connectivity index (χ0) is 20.8. The van der Waals surface area contributed by atoms with Crippen LogP contribution >= 0.6 is 0 Å². The molecule has 6 N–H and O–H groups in total. The number of allylic oxidation sites excluding steroid dienone is 2. The van der Waals surface area contributed by atoms with Crippen LogP contribution in [0.2, 0.25) is 0 Å². The highest BCUT2D eigenvalue weighted by Crippen LogP contribution is 2.26. The van der Waals surface area contributed by atoms with Gasteiger partial charge in [0.15, 0.2) is 5.76 Å². The summed E-state index contributed by atoms with van der Waals surface area (Å²) in [6.07, 6.45) is 3.92. The molecular formula is C20H27N7O2. The number of carbonyl (C=O) groups excluding carboxylic acids is 1. The lowest BCUT2D eigenvalue weighted by atomic mass is 10.1. The van der Waals surface area contributed by atoms with Crippen molar-refractivity contribution < 1.29 is 9.21 Å². The quantitative estimate of drug-likeness (QED) is 0.428. The molecule has 0 bridgehead atoms. The molecule has 1 amide bonds. The van der Waals surface area contributed by atoms with Crippen molar-refractivity contribution in [1.29, 1.82) is 0 Å². The summed E-state index contributed by atoms with van der Waals surface area (Å²) in [5.74, 6) is -0.0295. The average Bonchev–Trinajstić information content (AvgIpc) is 3.22. The normalized spacial score (nSPS) is 15.4. The van der Waals surface area contributed by atoms with Gasteiger partial charge in [0.05, 0.1) is 23.3 Å². The van der Waals surface area contributed by atoms with E-state index in [2.05, 4.69) is 32.4 Å². The Morgan fingerprint density at radius 1 is 1.34 bits per heavy atom. The predicted octanol–water partition coefficient (Wildman–Crippen LogP) is 1.46. The summed E-state index contributed by atoms with van der Waals surface area (Å²) in [5, 5.41) is 6.23. The third-order valence-electron chi connectivity index (χ3n) is 4.72. The Hall–Kier alpha value is -3.33. The molecule has 154 valence electrons. The molecule has 0 spiro atoms. The van der Waals surface area contributed by atoms with Crippen LogP contribution in [-0.2, 0) is 0 Å². The van der Waals surface area contributed by atoms with Crippen LogP contribution in [-0.4, -0.2) is 55.2 Å². The van der Waals surface area contributed by atoms with Crippen LogP contribution in [0, 0.1) is 0 Å². The maximum absolute atomic E-state index is 12.8. The summed E-state index contributed by atoms with van der Waals surface area (Å²) >= 11 is 0. The molecule has 29 heavy (non-hydrogen) atoms. The van der Waals surface area contributed by atoms with Gasteiger partial charge in [-0.05, 0) is 24.6 Å². The number of oxazole rings is 1. The number of nitrogen functional groups attached to an aromatic ring is 2. The molecule has 1 aliphatic rings. The topological polar surface area (TPSA) is 135 Å². The van der Waals surface area contributed by atoms with E-state index in [9.17, 15) is 4.79 Å². The van der Waals surface area contributed by atoms with E-state index in [4.69, 9.17) is 15.9 Å². The van der Waals surface area contributed by atoms with Crippen LogP contribution in [0.5, 0.6) is 0 Å². The van der Waals surface area contributed by atoms with E-state index in [0.717, 1.165) is 38.3 Å². The van der Waals surface area contributed by atoms with Gasteiger partial charge in [0.1, 0.15) is 0 Å². The van der Waals surface area contributed by atoms with Gasteiger partial charge in [-0.3, -0.25) is 9.79 Å². The Morgan fingerprint density at radius 2 is 2.10 bits per heavy atom. The maximum Gasteiger partial charge on any atom is 0.311 e. The van der Waals surface area contributed by atoms with Gasteiger partial charge < -0.3 is 31.4 Å². The van der Waals surface area contributed by atoms with Gasteiger partial charge in [-0.1, -0.05) is 6.92 Å². The fraction of sp³-hybridized carbons (Fsp3) is 0.350. The first kappa shape index (κ1) is 20.4. The Balaban J connectivity index is 1.82. The number of hydrogen-bond acceptors (Lipinski definition) is 8. The highest BCUT2D eigenvalue weighted by molar-refractivity contribution is 5.96. The Morgan fingerprint density at radius 3 is 2.76 bits per heavy atom. The molecule has 0 atom stereocenters. The number of aliphatic imine (C=N–C) groups is 1. The minimum atomic E-state index is -0.435. The fourth-order valence-electron chi connectivity index (χ4n) is 3.24. The second-order valence-corrected chi connectivity index (χ2v) is 6.67. The third-order valence-corrected chi connectivity index (χ3v) is 4.72. The van der Waals surface area contributed by atoms with E-state index in [0.29, 0.717) is 28.4 Å². The summed E-state index contributed by atoms with van der Waals surface area (Å²) in [5.41, 5.74) is 14.9. The lowest BCUT2D eigenvalue weighted by Crippen LogP contribution is -2.44. The van der Waals surface area contributed by atoms with Crippen molar-refractivity contribution in [2.75, 3.05) is 44.7 Å². The van der Waals surface area contributed by atoms with Crippen molar-refractivity contribution in [3.05, 3.63) is 41.7 Å². The molecule has 1 aromatic heterocycles. The van der Waals surface area contributed by atoms with E-state index in [1.807, 2.05) is 0 Å². The number of rotatable bonds is 6. The van der Waals surface area contributed by atoms with Gasteiger partial charge in [0.25, 0.3) is 5.89 Å². The molecule has 2 heterocycles. The molecule has 1 aliphatic heterocycles. The minimum absolute atomic E-state index is 0.0341. The van der Waals surface area contributed by atoms with Crippen molar-refractivity contribution in [2.24, 2.45) is 4.99 Å². The molecule has 1 saturated heterocycles. The van der Waals surface area contributed by atoms with Crippen LogP contribution in [0.25, 0.3) is 11.3 Å². The molecule has 3 rings (SSSR count). The van der Waals surface area contributed by atoms with Crippen LogP contribution in [0.1, 0.15) is 24.0 Å². The van der Waals surface area contributed by atoms with E-state index >= 15 is 0 Å². The van der Waals surface area contributed by atoms with E-state index < -0.39 is 5.91 Å². The number of nitrogens with one attached hydrogen (secondary N) is 2. The molecular weight excluding hydrogens is 370 g/mol. The molecule has 2 aromatic rings. The first-order valence-electron chi connectivity index (χ1n) is 9.57. The number of nitrogens with zero attached hydrogens (tertiary/aromatic N) is 3. The van der Waals surface area contributed by atoms with Crippen LogP contribution in [0.4, 0.5) is 11.4 Å². The number of benzene rings is 1. The van der Waals surface area contributed by atoms with Crippen molar-refractivity contribution >= 4 is 23.5 Å². The second-order valence-electron chi connectivity index (χ2n) is 6.67. The Labute approximate surface area is 169 Å². The predicted molar refractivity (Wildman–Crippen MR) is 114 cm³/mol. The van der Waals surface area contributed by atoms with Gasteiger partial charge in [-0.25, -0.2) is 4.98 Å². The number of hydrogen-bond donors (Lipinski definition) is 4. The maximum atomic E-state index is 12.8. The smallest absolute Gasteiger partial charge is 0.311 e. The lowest BCUT2D eigenvalue weighted by molar-refractivity contribution is 0.0933. The van der Waals surface area contributed by atoms with Gasteiger partial charge in [0.2, 0.25) is 0 Å². The van der Waals surface area contributed by atoms with E-state index in [1.54, 1.807) is 31.5 Å². The van der Waals surface area contributed by atoms with Crippen molar-refractivity contribution in [1.82, 2.24) is 20.5 Å².